The fraction of sp³-hybridized carbons (Fsp3) is 0.423. The number of nitrogens with two attached hydrogens (primary N) is 1. The van der Waals surface area contributed by atoms with Crippen molar-refractivity contribution in [2.45, 2.75) is 38.6 Å². The molecule has 3 N–H and O–H groups in total. The third kappa shape index (κ3) is 4.63. The lowest BCUT2D eigenvalue weighted by Crippen LogP contribution is -2.44. The van der Waals surface area contributed by atoms with Crippen LogP contribution in [0.5, 0.6) is 0 Å². The van der Waals surface area contributed by atoms with Crippen molar-refractivity contribution < 1.29 is 14.0 Å². The third-order valence-electron chi connectivity index (χ3n) is 7.13. The molecule has 2 saturated heterocycles. The van der Waals surface area contributed by atoms with E-state index in [0.29, 0.717) is 35.9 Å². The number of primary amides is 1. The first kappa shape index (κ1) is 22.4. The van der Waals surface area contributed by atoms with Crippen LogP contribution in [0, 0.1) is 12.8 Å². The van der Waals surface area contributed by atoms with Gasteiger partial charge in [0.05, 0.1) is 5.39 Å². The Morgan fingerprint density at radius 1 is 1.09 bits per heavy atom. The number of fused-ring (bicyclic) bond motifs is 1. The topological polar surface area (TPSA) is 105 Å². The van der Waals surface area contributed by atoms with Crippen LogP contribution in [0.15, 0.2) is 46.9 Å². The standard InChI is InChI=1S/C26H31N5O3/c1-17-7-8-21-22(23(24(27)32)34-25(21)28-17)29-26(33)31-14-11-20(16-31)30-12-9-19(10-13-30)15-18-5-3-2-4-6-18/h2-8,19-20H,9-16H2,1H3,(H2,27,32)(H,29,33)/t20-/m1/s1. The van der Waals surface area contributed by atoms with Gasteiger partial charge in [-0.15, -0.1) is 0 Å². The molecule has 0 spiro atoms. The van der Waals surface area contributed by atoms with E-state index < -0.39 is 5.91 Å². The van der Waals surface area contributed by atoms with E-state index in [1.165, 1.54) is 18.4 Å². The molecule has 0 unspecified atom stereocenters. The fourth-order valence-electron chi connectivity index (χ4n) is 5.25. The molecule has 2 aliphatic rings. The Balaban J connectivity index is 1.19. The molecule has 2 aromatic heterocycles. The van der Waals surface area contributed by atoms with Crippen LogP contribution in [0.2, 0.25) is 0 Å². The number of furan rings is 1. The maximum absolute atomic E-state index is 13.1. The van der Waals surface area contributed by atoms with E-state index in [1.807, 2.05) is 17.9 Å². The van der Waals surface area contributed by atoms with E-state index in [-0.39, 0.29) is 11.8 Å². The molecule has 178 valence electrons. The molecule has 0 aliphatic carbocycles. The van der Waals surface area contributed by atoms with E-state index in [1.54, 1.807) is 6.07 Å². The summed E-state index contributed by atoms with van der Waals surface area (Å²) >= 11 is 0. The summed E-state index contributed by atoms with van der Waals surface area (Å²) in [5.41, 5.74) is 8.25. The van der Waals surface area contributed by atoms with Crippen molar-refractivity contribution in [2.24, 2.45) is 11.7 Å². The number of pyridine rings is 1. The maximum Gasteiger partial charge on any atom is 0.322 e. The molecule has 0 bridgehead atoms. The number of anilines is 1. The zero-order chi connectivity index (χ0) is 23.7. The molecular formula is C26H31N5O3. The highest BCUT2D eigenvalue weighted by molar-refractivity contribution is 6.09. The Kier molecular flexibility index (Phi) is 6.24. The second-order valence-electron chi connectivity index (χ2n) is 9.46. The van der Waals surface area contributed by atoms with Crippen LogP contribution >= 0.6 is 0 Å². The number of carbonyl (C=O) groups is 2. The van der Waals surface area contributed by atoms with Crippen LogP contribution in [-0.2, 0) is 6.42 Å². The number of urea groups is 1. The van der Waals surface area contributed by atoms with Gasteiger partial charge < -0.3 is 20.4 Å². The maximum atomic E-state index is 13.1. The molecule has 8 nitrogen and oxygen atoms in total. The minimum atomic E-state index is -0.733. The molecule has 0 saturated carbocycles. The Labute approximate surface area is 199 Å². The van der Waals surface area contributed by atoms with Crippen molar-refractivity contribution in [3.05, 3.63) is 59.5 Å². The Hall–Kier alpha value is -3.39. The van der Waals surface area contributed by atoms with E-state index in [4.69, 9.17) is 10.2 Å². The Morgan fingerprint density at radius 2 is 1.85 bits per heavy atom. The number of likely N-dealkylation sites (tertiary alicyclic amines) is 2. The average molecular weight is 462 g/mol. The Morgan fingerprint density at radius 3 is 2.59 bits per heavy atom. The van der Waals surface area contributed by atoms with Crippen molar-refractivity contribution in [1.29, 1.82) is 0 Å². The molecule has 4 heterocycles. The van der Waals surface area contributed by atoms with Crippen molar-refractivity contribution in [3.8, 4) is 0 Å². The van der Waals surface area contributed by atoms with Crippen LogP contribution in [0.4, 0.5) is 10.5 Å². The molecule has 2 fully saturated rings. The zero-order valence-electron chi connectivity index (χ0n) is 19.5. The number of aromatic nitrogens is 1. The minimum absolute atomic E-state index is 0.0716. The van der Waals surface area contributed by atoms with Crippen LogP contribution in [0.3, 0.4) is 0 Å². The number of amides is 3. The number of hydrogen-bond donors (Lipinski definition) is 2. The predicted molar refractivity (Wildman–Crippen MR) is 131 cm³/mol. The zero-order valence-corrected chi connectivity index (χ0v) is 19.5. The smallest absolute Gasteiger partial charge is 0.322 e. The van der Waals surface area contributed by atoms with Crippen molar-refractivity contribution in [2.75, 3.05) is 31.5 Å². The summed E-state index contributed by atoms with van der Waals surface area (Å²) in [4.78, 5) is 33.6. The summed E-state index contributed by atoms with van der Waals surface area (Å²) < 4.78 is 5.55. The van der Waals surface area contributed by atoms with Gasteiger partial charge in [0.2, 0.25) is 11.5 Å². The number of benzene rings is 1. The molecule has 3 aromatic rings. The van der Waals surface area contributed by atoms with Gasteiger partial charge in [0.15, 0.2) is 0 Å². The van der Waals surface area contributed by atoms with Crippen LogP contribution in [0.1, 0.15) is 41.1 Å². The third-order valence-corrected chi connectivity index (χ3v) is 7.13. The number of piperidine rings is 1. The van der Waals surface area contributed by atoms with Crippen LogP contribution in [0.25, 0.3) is 11.1 Å². The summed E-state index contributed by atoms with van der Waals surface area (Å²) in [5.74, 6) is -0.0837. The predicted octanol–water partition coefficient (Wildman–Crippen LogP) is 3.80. The van der Waals surface area contributed by atoms with Gasteiger partial charge in [0.25, 0.3) is 5.91 Å². The average Bonchev–Trinajstić information content (AvgIpc) is 3.46. The normalized spacial score (nSPS) is 19.6. The quantitative estimate of drug-likeness (QED) is 0.601. The van der Waals surface area contributed by atoms with Gasteiger partial charge >= 0.3 is 6.03 Å². The Bertz CT molecular complexity index is 1180. The van der Waals surface area contributed by atoms with Crippen molar-refractivity contribution >= 4 is 28.7 Å². The fourth-order valence-corrected chi connectivity index (χ4v) is 5.25. The molecule has 1 atom stereocenters. The molecule has 1 aromatic carbocycles. The number of rotatable bonds is 5. The lowest BCUT2D eigenvalue weighted by atomic mass is 9.89. The lowest BCUT2D eigenvalue weighted by molar-refractivity contribution is 0.0976. The van der Waals surface area contributed by atoms with E-state index in [2.05, 4.69) is 45.5 Å². The first-order chi connectivity index (χ1) is 16.5. The first-order valence-corrected chi connectivity index (χ1v) is 12.0. The molecule has 5 rings (SSSR count). The lowest BCUT2D eigenvalue weighted by Gasteiger charge is -2.36. The SMILES string of the molecule is Cc1ccc2c(NC(=O)N3CC[C@@H](N4CCC(Cc5ccccc5)CC4)C3)c(C(N)=O)oc2n1. The molecule has 34 heavy (non-hydrogen) atoms. The molecule has 2 aliphatic heterocycles. The largest absolute Gasteiger partial charge is 0.430 e. The monoisotopic (exact) mass is 461 g/mol. The van der Waals surface area contributed by atoms with Gasteiger partial charge in [-0.05, 0) is 69.3 Å². The van der Waals surface area contributed by atoms with Gasteiger partial charge in [-0.1, -0.05) is 30.3 Å². The second-order valence-corrected chi connectivity index (χ2v) is 9.46. The highest BCUT2D eigenvalue weighted by Crippen LogP contribution is 2.31. The number of aryl methyl sites for hydroxylation is 1. The highest BCUT2D eigenvalue weighted by atomic mass is 16.4. The van der Waals surface area contributed by atoms with E-state index >= 15 is 0 Å². The first-order valence-electron chi connectivity index (χ1n) is 12.0. The summed E-state index contributed by atoms with van der Waals surface area (Å²) in [6, 6.07) is 14.4. The van der Waals surface area contributed by atoms with Gasteiger partial charge in [-0.25, -0.2) is 9.78 Å². The molecular weight excluding hydrogens is 430 g/mol. The second kappa shape index (κ2) is 9.46. The molecule has 3 amide bonds. The van der Waals surface area contributed by atoms with Gasteiger partial charge in [-0.3, -0.25) is 9.69 Å². The van der Waals surface area contributed by atoms with Crippen molar-refractivity contribution in [3.63, 3.8) is 0 Å². The summed E-state index contributed by atoms with van der Waals surface area (Å²) in [5, 5.41) is 3.44. The number of hydrogen-bond acceptors (Lipinski definition) is 5. The number of nitrogens with one attached hydrogen (secondary N) is 1. The summed E-state index contributed by atoms with van der Waals surface area (Å²) in [6.07, 6.45) is 4.47. The molecule has 0 radical (unpaired) electrons. The van der Waals surface area contributed by atoms with Crippen LogP contribution < -0.4 is 11.1 Å². The van der Waals surface area contributed by atoms with Gasteiger partial charge in [0.1, 0.15) is 5.69 Å². The number of nitrogens with zero attached hydrogens (tertiary/aromatic N) is 3. The van der Waals surface area contributed by atoms with E-state index in [0.717, 1.165) is 37.5 Å². The summed E-state index contributed by atoms with van der Waals surface area (Å²) in [6.45, 7) is 5.33. The number of carbonyl (C=O) groups excluding carboxylic acids is 2. The van der Waals surface area contributed by atoms with Gasteiger partial charge in [-0.2, -0.15) is 0 Å². The van der Waals surface area contributed by atoms with E-state index in [9.17, 15) is 9.59 Å². The highest BCUT2D eigenvalue weighted by Gasteiger charge is 2.33. The molecule has 8 heteroatoms. The van der Waals surface area contributed by atoms with Gasteiger partial charge in [0, 0.05) is 24.8 Å². The van der Waals surface area contributed by atoms with Crippen LogP contribution in [-0.4, -0.2) is 58.9 Å². The van der Waals surface area contributed by atoms with Crippen molar-refractivity contribution in [1.82, 2.24) is 14.8 Å². The summed E-state index contributed by atoms with van der Waals surface area (Å²) in [7, 11) is 0. The minimum Gasteiger partial charge on any atom is -0.430 e.